The lowest BCUT2D eigenvalue weighted by molar-refractivity contribution is 1.07. The number of fused-ring (bicyclic) bond motifs is 1. The van der Waals surface area contributed by atoms with Crippen molar-refractivity contribution in [3.63, 3.8) is 0 Å². The molecule has 0 aliphatic carbocycles. The van der Waals surface area contributed by atoms with Crippen molar-refractivity contribution >= 4 is 21.4 Å². The van der Waals surface area contributed by atoms with Crippen LogP contribution in [0.15, 0.2) is 158 Å². The lowest BCUT2D eigenvalue weighted by Crippen LogP contribution is -2.00. The van der Waals surface area contributed by atoms with E-state index >= 15 is 0 Å². The normalized spacial score (nSPS) is 11.1. The summed E-state index contributed by atoms with van der Waals surface area (Å²) in [7, 11) is 0. The molecule has 0 bridgehead atoms. The predicted molar refractivity (Wildman–Crippen MR) is 186 cm³/mol. The minimum atomic E-state index is 0.631. The Morgan fingerprint density at radius 3 is 1.62 bits per heavy atom. The Morgan fingerprint density at radius 1 is 0.378 bits per heavy atom. The molecule has 0 aliphatic rings. The van der Waals surface area contributed by atoms with E-state index in [0.717, 1.165) is 38.9 Å². The van der Waals surface area contributed by atoms with Crippen molar-refractivity contribution < 1.29 is 0 Å². The summed E-state index contributed by atoms with van der Waals surface area (Å²) in [6, 6.07) is 50.3. The highest BCUT2D eigenvalue weighted by molar-refractivity contribution is 7.22. The molecule has 0 atom stereocenters. The Hall–Kier alpha value is -5.78. The monoisotopic (exact) mass is 594 g/mol. The Bertz CT molecular complexity index is 2210. The molecule has 212 valence electrons. The molecular formula is C40H26N4S. The fraction of sp³-hybridized carbons (Fsp3) is 0. The Morgan fingerprint density at radius 2 is 0.933 bits per heavy atom. The van der Waals surface area contributed by atoms with Crippen LogP contribution in [0.3, 0.4) is 0 Å². The predicted octanol–water partition coefficient (Wildman–Crippen LogP) is 10.5. The average Bonchev–Trinajstić information content (AvgIpc) is 3.57. The van der Waals surface area contributed by atoms with Crippen LogP contribution in [0.5, 0.6) is 0 Å². The quantitative estimate of drug-likeness (QED) is 0.192. The van der Waals surface area contributed by atoms with Gasteiger partial charge in [-0.1, -0.05) is 121 Å². The van der Waals surface area contributed by atoms with E-state index in [1.54, 1.807) is 17.5 Å². The van der Waals surface area contributed by atoms with Gasteiger partial charge in [0.05, 0.1) is 0 Å². The summed E-state index contributed by atoms with van der Waals surface area (Å²) in [4.78, 5) is 20.5. The summed E-state index contributed by atoms with van der Waals surface area (Å²) in [5.74, 6) is 1.91. The van der Waals surface area contributed by atoms with Crippen molar-refractivity contribution in [3.05, 3.63) is 158 Å². The molecule has 0 spiro atoms. The van der Waals surface area contributed by atoms with Gasteiger partial charge in [0.25, 0.3) is 0 Å². The third-order valence-electron chi connectivity index (χ3n) is 7.85. The Labute approximate surface area is 265 Å². The van der Waals surface area contributed by atoms with E-state index in [-0.39, 0.29) is 0 Å². The van der Waals surface area contributed by atoms with Gasteiger partial charge in [0, 0.05) is 38.7 Å². The number of aromatic nitrogens is 4. The van der Waals surface area contributed by atoms with Gasteiger partial charge in [0.2, 0.25) is 0 Å². The molecule has 4 nitrogen and oxygen atoms in total. The van der Waals surface area contributed by atoms with Crippen LogP contribution in [0.4, 0.5) is 0 Å². The van der Waals surface area contributed by atoms with Gasteiger partial charge in [-0.05, 0) is 57.5 Å². The maximum absolute atomic E-state index is 5.01. The molecule has 0 fully saturated rings. The second kappa shape index (κ2) is 11.7. The van der Waals surface area contributed by atoms with Crippen molar-refractivity contribution in [2.75, 3.05) is 0 Å². The summed E-state index contributed by atoms with van der Waals surface area (Å²) in [5.41, 5.74) is 8.41. The van der Waals surface area contributed by atoms with E-state index in [1.807, 2.05) is 18.3 Å². The van der Waals surface area contributed by atoms with Crippen molar-refractivity contribution in [1.82, 2.24) is 19.9 Å². The number of benzene rings is 5. The van der Waals surface area contributed by atoms with Crippen LogP contribution in [-0.4, -0.2) is 19.9 Å². The first kappa shape index (κ1) is 26.8. The third-order valence-corrected chi connectivity index (χ3v) is 9.02. The molecule has 45 heavy (non-hydrogen) atoms. The molecule has 5 aromatic carbocycles. The highest BCUT2D eigenvalue weighted by Gasteiger charge is 2.14. The largest absolute Gasteiger partial charge is 0.264 e. The Balaban J connectivity index is 1.21. The van der Waals surface area contributed by atoms with Crippen LogP contribution in [0.25, 0.3) is 76.9 Å². The van der Waals surface area contributed by atoms with Crippen LogP contribution in [0.2, 0.25) is 0 Å². The van der Waals surface area contributed by atoms with Crippen molar-refractivity contribution in [2.24, 2.45) is 0 Å². The van der Waals surface area contributed by atoms with Gasteiger partial charge >= 0.3 is 0 Å². The molecule has 0 aliphatic heterocycles. The molecular weight excluding hydrogens is 569 g/mol. The van der Waals surface area contributed by atoms with Gasteiger partial charge in [-0.25, -0.2) is 15.0 Å². The number of hydrogen-bond acceptors (Lipinski definition) is 5. The number of thiophene rings is 1. The summed E-state index contributed by atoms with van der Waals surface area (Å²) in [5, 5.41) is 1.26. The van der Waals surface area contributed by atoms with Crippen molar-refractivity contribution in [2.45, 2.75) is 0 Å². The highest BCUT2D eigenvalue weighted by atomic mass is 32.1. The van der Waals surface area contributed by atoms with Gasteiger partial charge in [-0.3, -0.25) is 4.98 Å². The molecule has 0 radical (unpaired) electrons. The minimum Gasteiger partial charge on any atom is -0.264 e. The van der Waals surface area contributed by atoms with Crippen LogP contribution < -0.4 is 0 Å². The molecule has 0 unspecified atom stereocenters. The summed E-state index contributed by atoms with van der Waals surface area (Å²) >= 11 is 1.81. The van der Waals surface area contributed by atoms with E-state index in [4.69, 9.17) is 15.0 Å². The van der Waals surface area contributed by atoms with E-state index < -0.39 is 0 Å². The molecule has 0 saturated carbocycles. The first-order chi connectivity index (χ1) is 22.3. The molecule has 0 saturated heterocycles. The summed E-state index contributed by atoms with van der Waals surface area (Å²) in [6.45, 7) is 0. The SMILES string of the molecule is c1ccc(-c2cccc(-c3nc(-c4ccc(-c5cccnc5)cc4)nc(-c4ccc(-c5cc6ccccc6s5)cc4)n3)c2)cc1. The standard InChI is InChI=1S/C40H26N4S/c1-2-8-27(9-3-1)32-11-6-12-34(24-32)40-43-38(30-19-15-28(16-20-30)35-13-7-23-41-26-35)42-39(44-40)31-21-17-29(18-22-31)37-25-33-10-4-5-14-36(33)45-37/h1-26H. The third kappa shape index (κ3) is 5.53. The maximum Gasteiger partial charge on any atom is 0.164 e. The van der Waals surface area contributed by atoms with E-state index in [9.17, 15) is 0 Å². The van der Waals surface area contributed by atoms with Gasteiger partial charge in [0.1, 0.15) is 0 Å². The fourth-order valence-electron chi connectivity index (χ4n) is 5.48. The molecule has 3 heterocycles. The smallest absolute Gasteiger partial charge is 0.164 e. The van der Waals surface area contributed by atoms with Crippen LogP contribution in [0, 0.1) is 0 Å². The molecule has 5 heteroatoms. The molecule has 8 rings (SSSR count). The van der Waals surface area contributed by atoms with Crippen molar-refractivity contribution in [3.8, 4) is 66.9 Å². The molecule has 0 N–H and O–H groups in total. The van der Waals surface area contributed by atoms with Gasteiger partial charge < -0.3 is 0 Å². The van der Waals surface area contributed by atoms with Gasteiger partial charge in [-0.2, -0.15) is 0 Å². The van der Waals surface area contributed by atoms with E-state index in [2.05, 4.69) is 138 Å². The van der Waals surface area contributed by atoms with E-state index in [1.165, 1.54) is 20.5 Å². The highest BCUT2D eigenvalue weighted by Crippen LogP contribution is 2.35. The van der Waals surface area contributed by atoms with E-state index in [0.29, 0.717) is 17.5 Å². The van der Waals surface area contributed by atoms with Crippen LogP contribution in [-0.2, 0) is 0 Å². The molecule has 8 aromatic rings. The van der Waals surface area contributed by atoms with Crippen LogP contribution >= 0.6 is 11.3 Å². The topological polar surface area (TPSA) is 51.6 Å². The van der Waals surface area contributed by atoms with Gasteiger partial charge in [0.15, 0.2) is 17.5 Å². The summed E-state index contributed by atoms with van der Waals surface area (Å²) in [6.07, 6.45) is 3.66. The lowest BCUT2D eigenvalue weighted by atomic mass is 10.0. The van der Waals surface area contributed by atoms with Crippen molar-refractivity contribution in [1.29, 1.82) is 0 Å². The number of rotatable bonds is 6. The molecule has 0 amide bonds. The summed E-state index contributed by atoms with van der Waals surface area (Å²) < 4.78 is 1.29. The molecule has 3 aromatic heterocycles. The van der Waals surface area contributed by atoms with Gasteiger partial charge in [-0.15, -0.1) is 11.3 Å². The zero-order chi connectivity index (χ0) is 30.0. The fourth-order valence-corrected chi connectivity index (χ4v) is 6.55. The zero-order valence-corrected chi connectivity index (χ0v) is 25.0. The minimum absolute atomic E-state index is 0.631. The first-order valence-electron chi connectivity index (χ1n) is 14.8. The maximum atomic E-state index is 5.01. The first-order valence-corrected chi connectivity index (χ1v) is 15.6. The second-order valence-corrected chi connectivity index (χ2v) is 11.9. The average molecular weight is 595 g/mol. The second-order valence-electron chi connectivity index (χ2n) is 10.8. The van der Waals surface area contributed by atoms with Crippen LogP contribution in [0.1, 0.15) is 0 Å². The number of nitrogens with zero attached hydrogens (tertiary/aromatic N) is 4. The lowest BCUT2D eigenvalue weighted by Gasteiger charge is -2.10. The number of pyridine rings is 1. The number of hydrogen-bond donors (Lipinski definition) is 0. The zero-order valence-electron chi connectivity index (χ0n) is 24.2. The Kier molecular flexibility index (Phi) is 6.98.